The highest BCUT2D eigenvalue weighted by molar-refractivity contribution is 7.92. The molecule has 1 aliphatic heterocycles. The van der Waals surface area contributed by atoms with Gasteiger partial charge in [-0.1, -0.05) is 6.07 Å². The predicted molar refractivity (Wildman–Crippen MR) is 130 cm³/mol. The third kappa shape index (κ3) is 5.92. The highest BCUT2D eigenvalue weighted by Crippen LogP contribution is 2.22. The van der Waals surface area contributed by atoms with Crippen molar-refractivity contribution in [1.82, 2.24) is 0 Å². The van der Waals surface area contributed by atoms with E-state index in [1.54, 1.807) is 25.1 Å². The van der Waals surface area contributed by atoms with Gasteiger partial charge in [0.2, 0.25) is 0 Å². The molecule has 0 atom stereocenters. The molecule has 178 valence electrons. The van der Waals surface area contributed by atoms with Crippen LogP contribution in [-0.4, -0.2) is 33.6 Å². The van der Waals surface area contributed by atoms with E-state index in [9.17, 15) is 17.6 Å². The zero-order valence-electron chi connectivity index (χ0n) is 18.7. The van der Waals surface area contributed by atoms with Crippen LogP contribution in [0.1, 0.15) is 28.8 Å². The van der Waals surface area contributed by atoms with Crippen molar-refractivity contribution >= 4 is 33.0 Å². The van der Waals surface area contributed by atoms with Crippen LogP contribution in [-0.2, 0) is 14.8 Å². The largest absolute Gasteiger partial charge is 0.382 e. The number of nitrogens with one attached hydrogen (secondary N) is 3. The summed E-state index contributed by atoms with van der Waals surface area (Å²) in [5, 5.41) is 6.28. The number of carbonyl (C=O) groups excluding carboxylic acids is 1. The van der Waals surface area contributed by atoms with Gasteiger partial charge in [0.05, 0.1) is 4.90 Å². The summed E-state index contributed by atoms with van der Waals surface area (Å²) in [5.74, 6) is -0.883. The van der Waals surface area contributed by atoms with Gasteiger partial charge in [0.1, 0.15) is 5.82 Å². The van der Waals surface area contributed by atoms with Crippen molar-refractivity contribution in [2.45, 2.75) is 30.7 Å². The number of benzene rings is 3. The second-order valence-electron chi connectivity index (χ2n) is 8.15. The summed E-state index contributed by atoms with van der Waals surface area (Å²) in [7, 11) is -3.96. The molecule has 0 radical (unpaired) electrons. The molecule has 1 heterocycles. The Balaban J connectivity index is 1.45. The van der Waals surface area contributed by atoms with Crippen molar-refractivity contribution in [2.75, 3.05) is 28.6 Å². The Labute approximate surface area is 198 Å². The quantitative estimate of drug-likeness (QED) is 0.450. The molecule has 0 saturated carbocycles. The molecule has 0 aliphatic carbocycles. The maximum Gasteiger partial charge on any atom is 0.261 e. The van der Waals surface area contributed by atoms with Crippen LogP contribution >= 0.6 is 0 Å². The smallest absolute Gasteiger partial charge is 0.261 e. The number of halogens is 1. The Kier molecular flexibility index (Phi) is 7.14. The number of ether oxygens (including phenoxy) is 1. The molecule has 0 unspecified atom stereocenters. The van der Waals surface area contributed by atoms with E-state index in [0.717, 1.165) is 43.9 Å². The SMILES string of the molecule is Cc1ccc(S(=O)(=O)Nc2ccc(F)cc2)cc1C(=O)Nc1ccc(NC2CCOCC2)cc1. The van der Waals surface area contributed by atoms with Crippen LogP contribution < -0.4 is 15.4 Å². The second kappa shape index (κ2) is 10.2. The molecule has 3 aromatic rings. The Morgan fingerprint density at radius 3 is 2.21 bits per heavy atom. The maximum atomic E-state index is 13.1. The molecule has 0 bridgehead atoms. The lowest BCUT2D eigenvalue weighted by Crippen LogP contribution is -2.27. The molecule has 7 nitrogen and oxygen atoms in total. The molecule has 1 amide bonds. The monoisotopic (exact) mass is 483 g/mol. The molecule has 1 aliphatic rings. The summed E-state index contributed by atoms with van der Waals surface area (Å²) in [6, 6.07) is 17.1. The number of hydrogen-bond acceptors (Lipinski definition) is 5. The highest BCUT2D eigenvalue weighted by Gasteiger charge is 2.19. The van der Waals surface area contributed by atoms with E-state index in [0.29, 0.717) is 17.3 Å². The molecule has 1 fully saturated rings. The zero-order valence-corrected chi connectivity index (χ0v) is 19.5. The van der Waals surface area contributed by atoms with Gasteiger partial charge in [0, 0.05) is 41.9 Å². The lowest BCUT2D eigenvalue weighted by molar-refractivity contribution is 0.0904. The van der Waals surface area contributed by atoms with Crippen LogP contribution in [0.2, 0.25) is 0 Å². The fourth-order valence-corrected chi connectivity index (χ4v) is 4.76. The van der Waals surface area contributed by atoms with E-state index >= 15 is 0 Å². The molecular formula is C25H26FN3O4S. The summed E-state index contributed by atoms with van der Waals surface area (Å²) in [5.41, 5.74) is 2.66. The third-order valence-corrected chi connectivity index (χ3v) is 6.97. The fourth-order valence-electron chi connectivity index (χ4n) is 3.67. The molecule has 3 aromatic carbocycles. The van der Waals surface area contributed by atoms with E-state index in [2.05, 4.69) is 15.4 Å². The van der Waals surface area contributed by atoms with Crippen molar-refractivity contribution in [2.24, 2.45) is 0 Å². The number of amides is 1. The van der Waals surface area contributed by atoms with Crippen molar-refractivity contribution in [3.63, 3.8) is 0 Å². The topological polar surface area (TPSA) is 96.5 Å². The minimum absolute atomic E-state index is 0.0661. The number of rotatable bonds is 7. The van der Waals surface area contributed by atoms with E-state index in [1.165, 1.54) is 24.3 Å². The first kappa shape index (κ1) is 23.7. The van der Waals surface area contributed by atoms with Crippen molar-refractivity contribution in [3.05, 3.63) is 83.7 Å². The number of aryl methyl sites for hydroxylation is 1. The van der Waals surface area contributed by atoms with Gasteiger partial charge in [-0.3, -0.25) is 9.52 Å². The van der Waals surface area contributed by atoms with Crippen molar-refractivity contribution in [3.8, 4) is 0 Å². The van der Waals surface area contributed by atoms with E-state index in [4.69, 9.17) is 4.74 Å². The van der Waals surface area contributed by atoms with Crippen LogP contribution in [0, 0.1) is 12.7 Å². The van der Waals surface area contributed by atoms with E-state index in [-0.39, 0.29) is 16.1 Å². The Bertz CT molecular complexity index is 1260. The normalized spacial score (nSPS) is 14.4. The molecule has 9 heteroatoms. The van der Waals surface area contributed by atoms with Crippen LogP contribution in [0.25, 0.3) is 0 Å². The molecular weight excluding hydrogens is 457 g/mol. The van der Waals surface area contributed by atoms with Gasteiger partial charge in [0.15, 0.2) is 0 Å². The average Bonchev–Trinajstić information content (AvgIpc) is 2.82. The molecule has 1 saturated heterocycles. The van der Waals surface area contributed by atoms with Crippen LogP contribution in [0.3, 0.4) is 0 Å². The van der Waals surface area contributed by atoms with Crippen LogP contribution in [0.5, 0.6) is 0 Å². The Hall–Kier alpha value is -3.43. The summed E-state index contributed by atoms with van der Waals surface area (Å²) in [6.45, 7) is 3.23. The lowest BCUT2D eigenvalue weighted by Gasteiger charge is -2.24. The minimum Gasteiger partial charge on any atom is -0.382 e. The Morgan fingerprint density at radius 1 is 0.912 bits per heavy atom. The van der Waals surface area contributed by atoms with Gasteiger partial charge in [0.25, 0.3) is 15.9 Å². The van der Waals surface area contributed by atoms with Crippen molar-refractivity contribution < 1.29 is 22.3 Å². The zero-order chi connectivity index (χ0) is 24.1. The van der Waals surface area contributed by atoms with Gasteiger partial charge in [-0.2, -0.15) is 0 Å². The number of hydrogen-bond donors (Lipinski definition) is 3. The van der Waals surface area contributed by atoms with E-state index in [1.807, 2.05) is 12.1 Å². The Morgan fingerprint density at radius 2 is 1.53 bits per heavy atom. The maximum absolute atomic E-state index is 13.1. The van der Waals surface area contributed by atoms with E-state index < -0.39 is 21.7 Å². The summed E-state index contributed by atoms with van der Waals surface area (Å²) in [4.78, 5) is 12.8. The van der Waals surface area contributed by atoms with Gasteiger partial charge in [-0.05, 0) is 86.0 Å². The average molecular weight is 484 g/mol. The highest BCUT2D eigenvalue weighted by atomic mass is 32.2. The van der Waals surface area contributed by atoms with Crippen LogP contribution in [0.15, 0.2) is 71.6 Å². The summed E-state index contributed by atoms with van der Waals surface area (Å²) >= 11 is 0. The fraction of sp³-hybridized carbons (Fsp3) is 0.240. The summed E-state index contributed by atoms with van der Waals surface area (Å²) in [6.07, 6.45) is 1.90. The lowest BCUT2D eigenvalue weighted by atomic mass is 10.1. The minimum atomic E-state index is -3.96. The number of carbonyl (C=O) groups is 1. The molecule has 34 heavy (non-hydrogen) atoms. The number of sulfonamides is 1. The van der Waals surface area contributed by atoms with Crippen molar-refractivity contribution in [1.29, 1.82) is 0 Å². The second-order valence-corrected chi connectivity index (χ2v) is 9.83. The molecule has 0 spiro atoms. The molecule has 4 rings (SSSR count). The van der Waals surface area contributed by atoms with Gasteiger partial charge in [-0.25, -0.2) is 12.8 Å². The standard InChI is InChI=1S/C25H26FN3O4S/c1-17-2-11-23(34(31,32)29-22-5-3-18(26)4-6-22)16-24(17)25(30)28-20-9-7-19(8-10-20)27-21-12-14-33-15-13-21/h2-11,16,21,27,29H,12-15H2,1H3,(H,28,30). The van der Waals surface area contributed by atoms with Crippen LogP contribution in [0.4, 0.5) is 21.5 Å². The first-order valence-corrected chi connectivity index (χ1v) is 12.4. The molecule has 3 N–H and O–H groups in total. The summed E-state index contributed by atoms with van der Waals surface area (Å²) < 4.78 is 46.4. The molecule has 0 aromatic heterocycles. The number of anilines is 3. The van der Waals surface area contributed by atoms with Gasteiger partial charge in [-0.15, -0.1) is 0 Å². The third-order valence-electron chi connectivity index (χ3n) is 5.60. The van der Waals surface area contributed by atoms with Gasteiger partial charge >= 0.3 is 0 Å². The predicted octanol–water partition coefficient (Wildman–Crippen LogP) is 4.78. The first-order valence-electron chi connectivity index (χ1n) is 10.9. The first-order chi connectivity index (χ1) is 16.3. The van der Waals surface area contributed by atoms with Gasteiger partial charge < -0.3 is 15.4 Å².